The van der Waals surface area contributed by atoms with Gasteiger partial charge in [-0.05, 0) is 30.2 Å². The standard InChI is InChI=1S/C15H17F3O7S/c1-3-4-7-24-12-8-10(9-13(23-2)14(19)20)5-6-11(12)25-26(21,22)15(16,17)18/h5-6,8-9H,3-4,7H2,1-2H3,(H,19,20). The zero-order valence-electron chi connectivity index (χ0n) is 13.9. The molecule has 0 aliphatic carbocycles. The second kappa shape index (κ2) is 8.79. The first-order chi connectivity index (χ1) is 12.0. The number of benzene rings is 1. The molecule has 11 heteroatoms. The van der Waals surface area contributed by atoms with E-state index in [1.807, 2.05) is 6.92 Å². The maximum Gasteiger partial charge on any atom is 0.534 e. The fourth-order valence-electron chi connectivity index (χ4n) is 1.65. The number of rotatable bonds is 9. The summed E-state index contributed by atoms with van der Waals surface area (Å²) in [5, 5.41) is 8.92. The molecule has 0 saturated carbocycles. The topological polar surface area (TPSA) is 99.1 Å². The molecule has 0 spiro atoms. The fraction of sp³-hybridized carbons (Fsp3) is 0.400. The lowest BCUT2D eigenvalue weighted by molar-refractivity contribution is -0.135. The van der Waals surface area contributed by atoms with Gasteiger partial charge >= 0.3 is 21.6 Å². The average Bonchev–Trinajstić information content (AvgIpc) is 2.53. The van der Waals surface area contributed by atoms with E-state index >= 15 is 0 Å². The van der Waals surface area contributed by atoms with Crippen molar-refractivity contribution in [3.05, 3.63) is 29.5 Å². The van der Waals surface area contributed by atoms with Crippen molar-refractivity contribution in [2.24, 2.45) is 0 Å². The number of carboxylic acid groups (broad SMARTS) is 1. The minimum atomic E-state index is -5.87. The Bertz CT molecular complexity index is 770. The molecule has 0 amide bonds. The number of methoxy groups -OCH3 is 1. The molecule has 0 saturated heterocycles. The van der Waals surface area contributed by atoms with Crippen LogP contribution in [0.2, 0.25) is 0 Å². The lowest BCUT2D eigenvalue weighted by atomic mass is 10.2. The molecule has 1 aromatic carbocycles. The van der Waals surface area contributed by atoms with Gasteiger partial charge in [0.1, 0.15) is 0 Å². The molecule has 1 rings (SSSR count). The Morgan fingerprint density at radius 1 is 1.27 bits per heavy atom. The summed E-state index contributed by atoms with van der Waals surface area (Å²) >= 11 is 0. The van der Waals surface area contributed by atoms with Crippen molar-refractivity contribution in [1.82, 2.24) is 0 Å². The summed E-state index contributed by atoms with van der Waals surface area (Å²) < 4.78 is 73.9. The van der Waals surface area contributed by atoms with Gasteiger partial charge in [-0.3, -0.25) is 0 Å². The maximum absolute atomic E-state index is 12.5. The predicted molar refractivity (Wildman–Crippen MR) is 85.1 cm³/mol. The first-order valence-electron chi connectivity index (χ1n) is 7.28. The van der Waals surface area contributed by atoms with Crippen LogP contribution in [0.15, 0.2) is 24.0 Å². The largest absolute Gasteiger partial charge is 0.534 e. The second-order valence-corrected chi connectivity index (χ2v) is 6.45. The Labute approximate surface area is 148 Å². The van der Waals surface area contributed by atoms with Crippen LogP contribution < -0.4 is 8.92 Å². The third kappa shape index (κ3) is 5.83. The highest BCUT2D eigenvalue weighted by Crippen LogP contribution is 2.34. The van der Waals surface area contributed by atoms with Crippen molar-refractivity contribution >= 4 is 22.2 Å². The highest BCUT2D eigenvalue weighted by molar-refractivity contribution is 7.88. The molecule has 0 unspecified atom stereocenters. The van der Waals surface area contributed by atoms with E-state index in [1.54, 1.807) is 0 Å². The van der Waals surface area contributed by atoms with Gasteiger partial charge in [-0.25, -0.2) is 4.79 Å². The van der Waals surface area contributed by atoms with Gasteiger partial charge in [0.25, 0.3) is 0 Å². The fourth-order valence-corrected chi connectivity index (χ4v) is 2.12. The highest BCUT2D eigenvalue weighted by Gasteiger charge is 2.48. The van der Waals surface area contributed by atoms with E-state index in [-0.39, 0.29) is 17.9 Å². The van der Waals surface area contributed by atoms with Crippen molar-refractivity contribution in [3.8, 4) is 11.5 Å². The molecular weight excluding hydrogens is 381 g/mol. The van der Waals surface area contributed by atoms with Crippen LogP contribution in [0.3, 0.4) is 0 Å². The summed E-state index contributed by atoms with van der Waals surface area (Å²) in [5.41, 5.74) is -5.40. The average molecular weight is 398 g/mol. The normalized spacial score (nSPS) is 12.6. The molecule has 1 aromatic rings. The summed E-state index contributed by atoms with van der Waals surface area (Å²) in [7, 11) is -4.74. The lowest BCUT2D eigenvalue weighted by Crippen LogP contribution is -2.28. The smallest absolute Gasteiger partial charge is 0.490 e. The van der Waals surface area contributed by atoms with Crippen LogP contribution in [0.25, 0.3) is 6.08 Å². The van der Waals surface area contributed by atoms with Crippen molar-refractivity contribution in [2.45, 2.75) is 25.3 Å². The Morgan fingerprint density at radius 2 is 1.92 bits per heavy atom. The van der Waals surface area contributed by atoms with Crippen LogP contribution >= 0.6 is 0 Å². The summed E-state index contributed by atoms with van der Waals surface area (Å²) in [5.74, 6) is -2.73. The summed E-state index contributed by atoms with van der Waals surface area (Å²) in [6, 6.07) is 3.25. The molecule has 0 aliphatic rings. The van der Waals surface area contributed by atoms with E-state index in [0.29, 0.717) is 6.42 Å². The van der Waals surface area contributed by atoms with Gasteiger partial charge in [-0.1, -0.05) is 19.4 Å². The molecule has 146 valence electrons. The predicted octanol–water partition coefficient (Wildman–Crippen LogP) is 3.17. The molecule has 0 bridgehead atoms. The first kappa shape index (κ1) is 21.6. The zero-order chi connectivity index (χ0) is 20.0. The van der Waals surface area contributed by atoms with Gasteiger partial charge in [0.2, 0.25) is 5.76 Å². The molecule has 0 radical (unpaired) electrons. The molecule has 0 atom stereocenters. The Kier molecular flexibility index (Phi) is 7.30. The summed E-state index contributed by atoms with van der Waals surface area (Å²) in [6.45, 7) is 1.95. The van der Waals surface area contributed by atoms with Gasteiger partial charge in [0.05, 0.1) is 13.7 Å². The van der Waals surface area contributed by atoms with Gasteiger partial charge in [0, 0.05) is 0 Å². The molecule has 0 aromatic heterocycles. The second-order valence-electron chi connectivity index (χ2n) is 4.91. The van der Waals surface area contributed by atoms with Gasteiger partial charge in [-0.2, -0.15) is 21.6 Å². The van der Waals surface area contributed by atoms with Crippen LogP contribution in [0.1, 0.15) is 25.3 Å². The van der Waals surface area contributed by atoms with E-state index < -0.39 is 33.1 Å². The van der Waals surface area contributed by atoms with E-state index in [0.717, 1.165) is 37.8 Å². The van der Waals surface area contributed by atoms with E-state index in [1.165, 1.54) is 0 Å². The Balaban J connectivity index is 3.27. The minimum Gasteiger partial charge on any atom is -0.490 e. The quantitative estimate of drug-likeness (QED) is 0.224. The highest BCUT2D eigenvalue weighted by atomic mass is 32.2. The van der Waals surface area contributed by atoms with Gasteiger partial charge < -0.3 is 18.8 Å². The van der Waals surface area contributed by atoms with Crippen LogP contribution in [-0.2, 0) is 19.6 Å². The number of aliphatic carboxylic acids is 1. The zero-order valence-corrected chi connectivity index (χ0v) is 14.7. The first-order valence-corrected chi connectivity index (χ1v) is 8.69. The number of carbonyl (C=O) groups is 1. The number of carboxylic acids is 1. The van der Waals surface area contributed by atoms with E-state index in [2.05, 4.69) is 8.92 Å². The molecule has 26 heavy (non-hydrogen) atoms. The van der Waals surface area contributed by atoms with Crippen LogP contribution in [-0.4, -0.2) is 38.7 Å². The third-order valence-corrected chi connectivity index (χ3v) is 3.90. The summed E-state index contributed by atoms with van der Waals surface area (Å²) in [6.07, 6.45) is 2.38. The molecule has 0 fully saturated rings. The number of hydrogen-bond acceptors (Lipinski definition) is 6. The monoisotopic (exact) mass is 398 g/mol. The third-order valence-electron chi connectivity index (χ3n) is 2.93. The van der Waals surface area contributed by atoms with Crippen LogP contribution in [0, 0.1) is 0 Å². The SMILES string of the molecule is CCCCOc1cc(C=C(OC)C(=O)O)ccc1OS(=O)(=O)C(F)(F)F. The number of hydrogen-bond donors (Lipinski definition) is 1. The number of unbranched alkanes of at least 4 members (excludes halogenated alkanes) is 1. The number of alkyl halides is 3. The maximum atomic E-state index is 12.5. The lowest BCUT2D eigenvalue weighted by Gasteiger charge is -2.14. The number of ether oxygens (including phenoxy) is 2. The molecule has 0 aliphatic heterocycles. The van der Waals surface area contributed by atoms with Crippen molar-refractivity contribution in [3.63, 3.8) is 0 Å². The van der Waals surface area contributed by atoms with Gasteiger partial charge in [-0.15, -0.1) is 0 Å². The van der Waals surface area contributed by atoms with Crippen molar-refractivity contribution in [2.75, 3.05) is 13.7 Å². The Hall–Kier alpha value is -2.43. The van der Waals surface area contributed by atoms with E-state index in [9.17, 15) is 26.4 Å². The summed E-state index contributed by atoms with van der Waals surface area (Å²) in [4.78, 5) is 10.9. The Morgan fingerprint density at radius 3 is 2.42 bits per heavy atom. The molecule has 7 nitrogen and oxygen atoms in total. The number of halogens is 3. The van der Waals surface area contributed by atoms with Crippen molar-refractivity contribution < 1.29 is 45.1 Å². The minimum absolute atomic E-state index is 0.0994. The molecular formula is C15H17F3O7S. The van der Waals surface area contributed by atoms with Crippen molar-refractivity contribution in [1.29, 1.82) is 0 Å². The molecule has 0 heterocycles. The van der Waals surface area contributed by atoms with Crippen LogP contribution in [0.4, 0.5) is 13.2 Å². The van der Waals surface area contributed by atoms with E-state index in [4.69, 9.17) is 9.84 Å². The van der Waals surface area contributed by atoms with Crippen LogP contribution in [0.5, 0.6) is 11.5 Å². The molecule has 1 N–H and O–H groups in total. The van der Waals surface area contributed by atoms with Gasteiger partial charge in [0.15, 0.2) is 11.5 Å².